The van der Waals surface area contributed by atoms with Crippen molar-refractivity contribution in [2.75, 3.05) is 20.6 Å². The molecule has 1 aromatic heterocycles. The Morgan fingerprint density at radius 2 is 2.22 bits per heavy atom. The first-order valence-electron chi connectivity index (χ1n) is 6.05. The zero-order chi connectivity index (χ0) is 13.8. The van der Waals surface area contributed by atoms with Gasteiger partial charge in [0.1, 0.15) is 5.76 Å². The molecule has 102 valence electrons. The van der Waals surface area contributed by atoms with E-state index in [2.05, 4.69) is 5.32 Å². The van der Waals surface area contributed by atoms with Gasteiger partial charge in [0, 0.05) is 18.5 Å². The molecule has 5 nitrogen and oxygen atoms in total. The predicted octanol–water partition coefficient (Wildman–Crippen LogP) is 1.13. The lowest BCUT2D eigenvalue weighted by Gasteiger charge is -2.24. The highest BCUT2D eigenvalue weighted by molar-refractivity contribution is 5.77. The SMILES string of the molecule is CN(C)C(CNC(=O)CC(C)(C)N)c1ccco1. The normalized spacial score (nSPS) is 13.7. The summed E-state index contributed by atoms with van der Waals surface area (Å²) in [5, 5.41) is 2.89. The van der Waals surface area contributed by atoms with Gasteiger partial charge in [0.05, 0.1) is 12.3 Å². The van der Waals surface area contributed by atoms with Gasteiger partial charge in [-0.05, 0) is 40.1 Å². The molecule has 0 saturated carbocycles. The topological polar surface area (TPSA) is 71.5 Å². The lowest BCUT2D eigenvalue weighted by Crippen LogP contribution is -2.41. The van der Waals surface area contributed by atoms with Gasteiger partial charge in [-0.25, -0.2) is 0 Å². The summed E-state index contributed by atoms with van der Waals surface area (Å²) < 4.78 is 5.37. The van der Waals surface area contributed by atoms with Gasteiger partial charge < -0.3 is 15.5 Å². The first kappa shape index (κ1) is 14.7. The second kappa shape index (κ2) is 6.02. The zero-order valence-electron chi connectivity index (χ0n) is 11.6. The molecule has 0 saturated heterocycles. The number of carbonyl (C=O) groups excluding carboxylic acids is 1. The number of amides is 1. The van der Waals surface area contributed by atoms with Gasteiger partial charge in [-0.3, -0.25) is 9.69 Å². The van der Waals surface area contributed by atoms with Crippen LogP contribution < -0.4 is 11.1 Å². The van der Waals surface area contributed by atoms with Crippen LogP contribution in [0.2, 0.25) is 0 Å². The quantitative estimate of drug-likeness (QED) is 0.797. The molecule has 1 atom stereocenters. The van der Waals surface area contributed by atoms with Crippen molar-refractivity contribution in [1.29, 1.82) is 0 Å². The van der Waals surface area contributed by atoms with Gasteiger partial charge in [0.25, 0.3) is 0 Å². The van der Waals surface area contributed by atoms with Crippen molar-refractivity contribution >= 4 is 5.91 Å². The summed E-state index contributed by atoms with van der Waals surface area (Å²) in [5.41, 5.74) is 5.32. The fraction of sp³-hybridized carbons (Fsp3) is 0.615. The van der Waals surface area contributed by atoms with Crippen LogP contribution >= 0.6 is 0 Å². The summed E-state index contributed by atoms with van der Waals surface area (Å²) in [6.45, 7) is 4.18. The molecule has 1 unspecified atom stereocenters. The molecule has 0 fully saturated rings. The Morgan fingerprint density at radius 1 is 1.56 bits per heavy atom. The van der Waals surface area contributed by atoms with E-state index in [-0.39, 0.29) is 11.9 Å². The minimum absolute atomic E-state index is 0.0323. The largest absolute Gasteiger partial charge is 0.468 e. The maximum atomic E-state index is 11.7. The highest BCUT2D eigenvalue weighted by Crippen LogP contribution is 2.17. The van der Waals surface area contributed by atoms with Crippen LogP contribution in [0, 0.1) is 0 Å². The van der Waals surface area contributed by atoms with E-state index in [9.17, 15) is 4.79 Å². The average Bonchev–Trinajstić information content (AvgIpc) is 2.67. The summed E-state index contributed by atoms with van der Waals surface area (Å²) in [6.07, 6.45) is 1.95. The fourth-order valence-electron chi connectivity index (χ4n) is 1.71. The number of nitrogens with two attached hydrogens (primary N) is 1. The van der Waals surface area contributed by atoms with Gasteiger partial charge in [-0.1, -0.05) is 0 Å². The summed E-state index contributed by atoms with van der Waals surface area (Å²) in [7, 11) is 3.90. The molecule has 1 rings (SSSR count). The van der Waals surface area contributed by atoms with E-state index in [4.69, 9.17) is 10.2 Å². The molecular weight excluding hydrogens is 230 g/mol. The van der Waals surface area contributed by atoms with Crippen molar-refractivity contribution in [2.45, 2.75) is 31.8 Å². The van der Waals surface area contributed by atoms with Gasteiger partial charge in [0.2, 0.25) is 5.91 Å². The molecule has 3 N–H and O–H groups in total. The molecule has 0 aliphatic rings. The van der Waals surface area contributed by atoms with Crippen LogP contribution in [0.5, 0.6) is 0 Å². The number of nitrogens with zero attached hydrogens (tertiary/aromatic N) is 1. The van der Waals surface area contributed by atoms with E-state index < -0.39 is 5.54 Å². The number of hydrogen-bond donors (Lipinski definition) is 2. The predicted molar refractivity (Wildman–Crippen MR) is 71.0 cm³/mol. The molecule has 5 heteroatoms. The zero-order valence-corrected chi connectivity index (χ0v) is 11.6. The Balaban J connectivity index is 2.52. The van der Waals surface area contributed by atoms with Crippen molar-refractivity contribution in [3.63, 3.8) is 0 Å². The second-order valence-corrected chi connectivity index (χ2v) is 5.46. The highest BCUT2D eigenvalue weighted by atomic mass is 16.3. The van der Waals surface area contributed by atoms with Crippen LogP contribution in [-0.4, -0.2) is 37.0 Å². The minimum Gasteiger partial charge on any atom is -0.468 e. The lowest BCUT2D eigenvalue weighted by atomic mass is 10.0. The first-order chi connectivity index (χ1) is 8.29. The van der Waals surface area contributed by atoms with Gasteiger partial charge in [-0.2, -0.15) is 0 Å². The molecule has 18 heavy (non-hydrogen) atoms. The molecule has 1 heterocycles. The third kappa shape index (κ3) is 4.89. The lowest BCUT2D eigenvalue weighted by molar-refractivity contribution is -0.122. The van der Waals surface area contributed by atoms with Gasteiger partial charge in [-0.15, -0.1) is 0 Å². The Kier molecular flexibility index (Phi) is 4.93. The standard InChI is InChI=1S/C13H23N3O2/c1-13(2,14)8-12(17)15-9-10(16(3)4)11-6-5-7-18-11/h5-7,10H,8-9,14H2,1-4H3,(H,15,17). The second-order valence-electron chi connectivity index (χ2n) is 5.46. The monoisotopic (exact) mass is 253 g/mol. The number of hydrogen-bond acceptors (Lipinski definition) is 4. The summed E-state index contributed by atoms with van der Waals surface area (Å²) in [4.78, 5) is 13.7. The molecule has 0 aromatic carbocycles. The van der Waals surface area contributed by atoms with Crippen LogP contribution in [-0.2, 0) is 4.79 Å². The summed E-state index contributed by atoms with van der Waals surface area (Å²) in [5.74, 6) is 0.799. The van der Waals surface area contributed by atoms with E-state index >= 15 is 0 Å². The molecule has 0 spiro atoms. The maximum absolute atomic E-state index is 11.7. The number of rotatable bonds is 6. The van der Waals surface area contributed by atoms with Crippen LogP contribution in [0.1, 0.15) is 32.1 Å². The maximum Gasteiger partial charge on any atom is 0.221 e. The molecule has 1 aromatic rings. The molecule has 1 amide bonds. The Bertz CT molecular complexity index is 366. The van der Waals surface area contributed by atoms with Crippen molar-refractivity contribution in [2.24, 2.45) is 5.73 Å². The van der Waals surface area contributed by atoms with Crippen LogP contribution in [0.25, 0.3) is 0 Å². The molecule has 0 radical (unpaired) electrons. The molecule has 0 aliphatic carbocycles. The molecule has 0 bridgehead atoms. The van der Waals surface area contributed by atoms with Crippen LogP contribution in [0.15, 0.2) is 22.8 Å². The molecule has 0 aliphatic heterocycles. The van der Waals surface area contributed by atoms with E-state index in [1.54, 1.807) is 6.26 Å². The highest BCUT2D eigenvalue weighted by Gasteiger charge is 2.20. The molecular formula is C13H23N3O2. The summed E-state index contributed by atoms with van der Waals surface area (Å²) in [6, 6.07) is 3.78. The van der Waals surface area contributed by atoms with Crippen molar-refractivity contribution in [3.05, 3.63) is 24.2 Å². The van der Waals surface area contributed by atoms with Crippen molar-refractivity contribution in [3.8, 4) is 0 Å². The van der Waals surface area contributed by atoms with E-state index in [0.717, 1.165) is 5.76 Å². The van der Waals surface area contributed by atoms with E-state index in [1.165, 1.54) is 0 Å². The number of nitrogens with one attached hydrogen (secondary N) is 1. The average molecular weight is 253 g/mol. The van der Waals surface area contributed by atoms with E-state index in [0.29, 0.717) is 13.0 Å². The smallest absolute Gasteiger partial charge is 0.221 e. The van der Waals surface area contributed by atoms with Crippen molar-refractivity contribution < 1.29 is 9.21 Å². The van der Waals surface area contributed by atoms with Crippen molar-refractivity contribution in [1.82, 2.24) is 10.2 Å². The number of carbonyl (C=O) groups is 1. The number of likely N-dealkylation sites (N-methyl/N-ethyl adjacent to an activating group) is 1. The Hall–Kier alpha value is -1.33. The van der Waals surface area contributed by atoms with Crippen LogP contribution in [0.3, 0.4) is 0 Å². The van der Waals surface area contributed by atoms with Gasteiger partial charge >= 0.3 is 0 Å². The van der Waals surface area contributed by atoms with E-state index in [1.807, 2.05) is 45.0 Å². The third-order valence-corrected chi connectivity index (χ3v) is 2.60. The minimum atomic E-state index is -0.484. The first-order valence-corrected chi connectivity index (χ1v) is 6.05. The Morgan fingerprint density at radius 3 is 2.67 bits per heavy atom. The third-order valence-electron chi connectivity index (χ3n) is 2.60. The van der Waals surface area contributed by atoms with Gasteiger partial charge in [0.15, 0.2) is 0 Å². The summed E-state index contributed by atoms with van der Waals surface area (Å²) >= 11 is 0. The number of furan rings is 1. The van der Waals surface area contributed by atoms with Crippen LogP contribution in [0.4, 0.5) is 0 Å². The Labute approximate surface area is 108 Å². The fourth-order valence-corrected chi connectivity index (χ4v) is 1.71.